The monoisotopic (exact) mass is 364 g/mol. The minimum Gasteiger partial charge on any atom is -0.356 e. The molecule has 0 saturated carbocycles. The fourth-order valence-corrected chi connectivity index (χ4v) is 4.09. The van der Waals surface area contributed by atoms with Gasteiger partial charge in [-0.25, -0.2) is 4.98 Å². The third-order valence-corrected chi connectivity index (χ3v) is 5.80. The van der Waals surface area contributed by atoms with Gasteiger partial charge in [-0.2, -0.15) is 0 Å². The van der Waals surface area contributed by atoms with Crippen LogP contribution >= 0.6 is 22.7 Å². The van der Waals surface area contributed by atoms with Crippen molar-refractivity contribution in [2.24, 2.45) is 10.9 Å². The summed E-state index contributed by atoms with van der Waals surface area (Å²) >= 11 is 3.58. The highest BCUT2D eigenvalue weighted by molar-refractivity contribution is 7.10. The molecule has 0 aliphatic rings. The van der Waals surface area contributed by atoms with E-state index in [1.165, 1.54) is 9.88 Å². The van der Waals surface area contributed by atoms with Gasteiger partial charge in [-0.15, -0.1) is 22.7 Å². The van der Waals surface area contributed by atoms with Crippen LogP contribution in [0, 0.1) is 5.92 Å². The van der Waals surface area contributed by atoms with Gasteiger partial charge in [-0.05, 0) is 23.8 Å². The summed E-state index contributed by atoms with van der Waals surface area (Å²) in [5.41, 5.74) is 1.16. The van der Waals surface area contributed by atoms with Crippen molar-refractivity contribution in [1.29, 1.82) is 0 Å². The van der Waals surface area contributed by atoms with Gasteiger partial charge in [-0.3, -0.25) is 4.99 Å². The van der Waals surface area contributed by atoms with E-state index >= 15 is 0 Å². The van der Waals surface area contributed by atoms with Gasteiger partial charge in [0.1, 0.15) is 0 Å². The third kappa shape index (κ3) is 6.24. The molecule has 2 N–H and O–H groups in total. The van der Waals surface area contributed by atoms with E-state index in [1.807, 2.05) is 18.4 Å². The zero-order chi connectivity index (χ0) is 17.4. The molecule has 2 heterocycles. The maximum absolute atomic E-state index is 4.67. The van der Waals surface area contributed by atoms with Crippen LogP contribution in [0.4, 0.5) is 0 Å². The van der Waals surface area contributed by atoms with Crippen molar-refractivity contribution >= 4 is 28.6 Å². The van der Waals surface area contributed by atoms with Gasteiger partial charge in [0.2, 0.25) is 0 Å². The van der Waals surface area contributed by atoms with Crippen LogP contribution in [-0.2, 0) is 12.8 Å². The van der Waals surface area contributed by atoms with Crippen molar-refractivity contribution in [1.82, 2.24) is 15.6 Å². The molecule has 2 aromatic heterocycles. The van der Waals surface area contributed by atoms with Gasteiger partial charge in [0.15, 0.2) is 5.96 Å². The largest absolute Gasteiger partial charge is 0.356 e. The number of nitrogens with one attached hydrogen (secondary N) is 2. The Kier molecular flexibility index (Phi) is 7.72. The standard InChI is InChI=1S/C18H28N4S2/c1-13(2)17-22-15(12-24-17)7-8-20-18(19-4)21-11-14(3)10-16-6-5-9-23-16/h5-6,9,12-14H,7-8,10-11H2,1-4H3,(H2,19,20,21). The maximum Gasteiger partial charge on any atom is 0.190 e. The molecule has 0 saturated heterocycles. The molecule has 0 aromatic carbocycles. The fourth-order valence-electron chi connectivity index (χ4n) is 2.35. The Bertz CT molecular complexity index is 617. The van der Waals surface area contributed by atoms with Crippen molar-refractivity contribution in [3.63, 3.8) is 0 Å². The summed E-state index contributed by atoms with van der Waals surface area (Å²) < 4.78 is 0. The molecule has 0 bridgehead atoms. The van der Waals surface area contributed by atoms with Crippen LogP contribution in [0.3, 0.4) is 0 Å². The Morgan fingerprint density at radius 1 is 1.25 bits per heavy atom. The molecular weight excluding hydrogens is 336 g/mol. The Hall–Kier alpha value is -1.40. The Balaban J connectivity index is 1.68. The van der Waals surface area contributed by atoms with Gasteiger partial charge < -0.3 is 10.6 Å². The molecule has 0 radical (unpaired) electrons. The second-order valence-corrected chi connectivity index (χ2v) is 8.27. The number of guanidine groups is 1. The van der Waals surface area contributed by atoms with Crippen LogP contribution in [0.1, 0.15) is 42.3 Å². The SMILES string of the molecule is CN=C(NCCc1csc(C(C)C)n1)NCC(C)Cc1cccs1. The highest BCUT2D eigenvalue weighted by Crippen LogP contribution is 2.19. The zero-order valence-corrected chi connectivity index (χ0v) is 16.6. The van der Waals surface area contributed by atoms with Crippen molar-refractivity contribution in [2.45, 2.75) is 39.5 Å². The van der Waals surface area contributed by atoms with E-state index in [1.54, 1.807) is 11.3 Å². The summed E-state index contributed by atoms with van der Waals surface area (Å²) in [5.74, 6) is 1.96. The first-order valence-electron chi connectivity index (χ1n) is 8.49. The van der Waals surface area contributed by atoms with E-state index in [-0.39, 0.29) is 0 Å². The third-order valence-electron chi connectivity index (χ3n) is 3.71. The first-order valence-corrected chi connectivity index (χ1v) is 10.3. The van der Waals surface area contributed by atoms with Crippen molar-refractivity contribution in [3.05, 3.63) is 38.5 Å². The lowest BCUT2D eigenvalue weighted by Crippen LogP contribution is -2.40. The maximum atomic E-state index is 4.67. The highest BCUT2D eigenvalue weighted by atomic mass is 32.1. The van der Waals surface area contributed by atoms with Gasteiger partial charge in [0.05, 0.1) is 10.7 Å². The van der Waals surface area contributed by atoms with Crippen molar-refractivity contribution < 1.29 is 0 Å². The molecule has 132 valence electrons. The molecule has 0 spiro atoms. The van der Waals surface area contributed by atoms with Crippen LogP contribution in [0.15, 0.2) is 27.9 Å². The van der Waals surface area contributed by atoms with E-state index in [2.05, 4.69) is 64.3 Å². The minimum absolute atomic E-state index is 0.510. The minimum atomic E-state index is 0.510. The van der Waals surface area contributed by atoms with Gasteiger partial charge in [-0.1, -0.05) is 26.8 Å². The molecule has 0 amide bonds. The summed E-state index contributed by atoms with van der Waals surface area (Å²) in [6, 6.07) is 4.32. The predicted molar refractivity (Wildman–Crippen MR) is 106 cm³/mol. The number of thiophene rings is 1. The quantitative estimate of drug-likeness (QED) is 0.551. The molecule has 2 aromatic rings. The number of nitrogens with zero attached hydrogens (tertiary/aromatic N) is 2. The summed E-state index contributed by atoms with van der Waals surface area (Å²) in [4.78, 5) is 10.4. The first-order chi connectivity index (χ1) is 11.6. The van der Waals surface area contributed by atoms with E-state index in [0.717, 1.165) is 37.6 Å². The number of hydrogen-bond acceptors (Lipinski definition) is 4. The molecule has 1 unspecified atom stereocenters. The van der Waals surface area contributed by atoms with Crippen LogP contribution in [-0.4, -0.2) is 31.1 Å². The van der Waals surface area contributed by atoms with E-state index < -0.39 is 0 Å². The number of hydrogen-bond donors (Lipinski definition) is 2. The summed E-state index contributed by atoms with van der Waals surface area (Å²) in [6.45, 7) is 8.41. The lowest BCUT2D eigenvalue weighted by Gasteiger charge is -2.15. The number of rotatable bonds is 8. The zero-order valence-electron chi connectivity index (χ0n) is 15.0. The van der Waals surface area contributed by atoms with Crippen molar-refractivity contribution in [3.8, 4) is 0 Å². The number of aliphatic imine (C=N–C) groups is 1. The van der Waals surface area contributed by atoms with E-state index in [0.29, 0.717) is 11.8 Å². The van der Waals surface area contributed by atoms with Crippen LogP contribution in [0.25, 0.3) is 0 Å². The second-order valence-electron chi connectivity index (χ2n) is 6.35. The van der Waals surface area contributed by atoms with Crippen LogP contribution in [0.5, 0.6) is 0 Å². The molecular formula is C18H28N4S2. The van der Waals surface area contributed by atoms with E-state index in [9.17, 15) is 0 Å². The molecule has 1 atom stereocenters. The lowest BCUT2D eigenvalue weighted by atomic mass is 10.1. The molecule has 0 aliphatic carbocycles. The van der Waals surface area contributed by atoms with Crippen LogP contribution < -0.4 is 10.6 Å². The average Bonchev–Trinajstić information content (AvgIpc) is 3.22. The Labute approximate surface area is 153 Å². The molecule has 6 heteroatoms. The Morgan fingerprint density at radius 2 is 2.08 bits per heavy atom. The topological polar surface area (TPSA) is 49.3 Å². The Morgan fingerprint density at radius 3 is 2.71 bits per heavy atom. The second kappa shape index (κ2) is 9.79. The molecule has 24 heavy (non-hydrogen) atoms. The highest BCUT2D eigenvalue weighted by Gasteiger charge is 2.08. The fraction of sp³-hybridized carbons (Fsp3) is 0.556. The smallest absolute Gasteiger partial charge is 0.190 e. The average molecular weight is 365 g/mol. The van der Waals surface area contributed by atoms with Gasteiger partial charge in [0, 0.05) is 42.7 Å². The summed E-state index contributed by atoms with van der Waals surface area (Å²) in [5, 5.41) is 12.3. The van der Waals surface area contributed by atoms with Crippen molar-refractivity contribution in [2.75, 3.05) is 20.1 Å². The van der Waals surface area contributed by atoms with Crippen LogP contribution in [0.2, 0.25) is 0 Å². The predicted octanol–water partition coefficient (Wildman–Crippen LogP) is 3.91. The first kappa shape index (κ1) is 18.9. The van der Waals surface area contributed by atoms with Gasteiger partial charge in [0.25, 0.3) is 0 Å². The number of aromatic nitrogens is 1. The van der Waals surface area contributed by atoms with E-state index in [4.69, 9.17) is 0 Å². The summed E-state index contributed by atoms with van der Waals surface area (Å²) in [7, 11) is 1.82. The molecule has 2 rings (SSSR count). The van der Waals surface area contributed by atoms with Gasteiger partial charge >= 0.3 is 0 Å². The normalized spacial score (nSPS) is 13.3. The number of thiazole rings is 1. The lowest BCUT2D eigenvalue weighted by molar-refractivity contribution is 0.562. The molecule has 0 aliphatic heterocycles. The molecule has 0 fully saturated rings. The summed E-state index contributed by atoms with van der Waals surface area (Å²) in [6.07, 6.45) is 2.03. The molecule has 4 nitrogen and oxygen atoms in total.